The molecule has 1 amide bonds. The van der Waals surface area contributed by atoms with Gasteiger partial charge in [0.15, 0.2) is 12.3 Å². The number of pyridine rings is 1. The van der Waals surface area contributed by atoms with Crippen molar-refractivity contribution in [3.63, 3.8) is 0 Å². The van der Waals surface area contributed by atoms with Crippen molar-refractivity contribution in [3.8, 4) is 5.88 Å². The molecule has 0 aliphatic rings. The SMILES string of the molecule is Cc1cc(C)c2c(OCC(=O)NC(c3ccccc3)c3ccc(Br)cc3F)nn(C)c2n1. The Bertz CT molecular complexity index is 1290. The Balaban J connectivity index is 1.57. The predicted octanol–water partition coefficient (Wildman–Crippen LogP) is 4.77. The highest BCUT2D eigenvalue weighted by atomic mass is 79.9. The van der Waals surface area contributed by atoms with E-state index in [-0.39, 0.29) is 6.61 Å². The van der Waals surface area contributed by atoms with E-state index in [1.54, 1.807) is 23.9 Å². The van der Waals surface area contributed by atoms with Crippen LogP contribution < -0.4 is 10.1 Å². The van der Waals surface area contributed by atoms with Crippen LogP contribution in [0.3, 0.4) is 0 Å². The molecule has 2 aromatic carbocycles. The maximum Gasteiger partial charge on any atom is 0.258 e. The van der Waals surface area contributed by atoms with E-state index in [2.05, 4.69) is 31.3 Å². The topological polar surface area (TPSA) is 69.0 Å². The Morgan fingerprint density at radius 1 is 1.19 bits per heavy atom. The molecular formula is C24H22BrFN4O2. The van der Waals surface area contributed by atoms with Crippen LogP contribution in [-0.2, 0) is 11.8 Å². The van der Waals surface area contributed by atoms with E-state index in [0.29, 0.717) is 21.6 Å². The van der Waals surface area contributed by atoms with Crippen molar-refractivity contribution in [1.29, 1.82) is 0 Å². The fourth-order valence-corrected chi connectivity index (χ4v) is 4.04. The lowest BCUT2D eigenvalue weighted by Gasteiger charge is -2.20. The molecule has 1 atom stereocenters. The van der Waals surface area contributed by atoms with E-state index in [1.165, 1.54) is 6.07 Å². The summed E-state index contributed by atoms with van der Waals surface area (Å²) in [5.41, 5.74) is 3.67. The number of aryl methyl sites for hydroxylation is 3. The minimum absolute atomic E-state index is 0.263. The third-order valence-corrected chi connectivity index (χ3v) is 5.63. The van der Waals surface area contributed by atoms with Gasteiger partial charge in [-0.3, -0.25) is 4.79 Å². The number of hydrogen-bond acceptors (Lipinski definition) is 4. The fraction of sp³-hybridized carbons (Fsp3) is 0.208. The summed E-state index contributed by atoms with van der Waals surface area (Å²) in [6.45, 7) is 3.60. The molecule has 4 aromatic rings. The number of carbonyl (C=O) groups excluding carboxylic acids is 1. The summed E-state index contributed by atoms with van der Waals surface area (Å²) >= 11 is 3.27. The molecule has 0 saturated heterocycles. The number of ether oxygens (including phenoxy) is 1. The Morgan fingerprint density at radius 3 is 2.66 bits per heavy atom. The lowest BCUT2D eigenvalue weighted by molar-refractivity contribution is -0.123. The van der Waals surface area contributed by atoms with Crippen LogP contribution >= 0.6 is 15.9 Å². The van der Waals surface area contributed by atoms with Crippen molar-refractivity contribution in [3.05, 3.63) is 87.3 Å². The molecule has 0 bridgehead atoms. The summed E-state index contributed by atoms with van der Waals surface area (Å²) in [6.07, 6.45) is 0. The van der Waals surface area contributed by atoms with E-state index >= 15 is 0 Å². The molecule has 8 heteroatoms. The number of aromatic nitrogens is 3. The summed E-state index contributed by atoms with van der Waals surface area (Å²) in [5.74, 6) is -0.464. The molecule has 0 fully saturated rings. The van der Waals surface area contributed by atoms with Gasteiger partial charge in [-0.2, -0.15) is 0 Å². The molecule has 0 aliphatic carbocycles. The number of fused-ring (bicyclic) bond motifs is 1. The van der Waals surface area contributed by atoms with E-state index in [9.17, 15) is 9.18 Å². The molecule has 0 aliphatic heterocycles. The molecule has 1 unspecified atom stereocenters. The van der Waals surface area contributed by atoms with Crippen molar-refractivity contribution in [2.24, 2.45) is 7.05 Å². The van der Waals surface area contributed by atoms with Crippen LogP contribution in [0, 0.1) is 19.7 Å². The number of halogens is 2. The van der Waals surface area contributed by atoms with Crippen molar-refractivity contribution in [1.82, 2.24) is 20.1 Å². The van der Waals surface area contributed by atoms with E-state index in [0.717, 1.165) is 22.2 Å². The Kier molecular flexibility index (Phi) is 6.23. The lowest BCUT2D eigenvalue weighted by Crippen LogP contribution is -2.33. The molecule has 0 saturated carbocycles. The maximum atomic E-state index is 14.7. The highest BCUT2D eigenvalue weighted by Crippen LogP contribution is 2.28. The first-order valence-corrected chi connectivity index (χ1v) is 10.9. The van der Waals surface area contributed by atoms with Crippen molar-refractivity contribution >= 4 is 32.9 Å². The van der Waals surface area contributed by atoms with Gasteiger partial charge in [-0.05, 0) is 43.2 Å². The summed E-state index contributed by atoms with van der Waals surface area (Å²) in [4.78, 5) is 17.3. The van der Waals surface area contributed by atoms with Gasteiger partial charge in [0, 0.05) is 22.8 Å². The largest absolute Gasteiger partial charge is 0.466 e. The average Bonchev–Trinajstić information content (AvgIpc) is 3.07. The molecular weight excluding hydrogens is 475 g/mol. The molecule has 32 heavy (non-hydrogen) atoms. The molecule has 164 valence electrons. The van der Waals surface area contributed by atoms with Crippen LogP contribution in [-0.4, -0.2) is 27.3 Å². The number of benzene rings is 2. The van der Waals surface area contributed by atoms with Gasteiger partial charge >= 0.3 is 0 Å². The van der Waals surface area contributed by atoms with E-state index < -0.39 is 17.8 Å². The van der Waals surface area contributed by atoms with E-state index in [1.807, 2.05) is 50.2 Å². The summed E-state index contributed by atoms with van der Waals surface area (Å²) < 4.78 is 22.7. The Labute approximate surface area is 193 Å². The fourth-order valence-electron chi connectivity index (χ4n) is 3.71. The third kappa shape index (κ3) is 4.50. The molecule has 6 nitrogen and oxygen atoms in total. The minimum Gasteiger partial charge on any atom is -0.466 e. The molecule has 2 aromatic heterocycles. The zero-order chi connectivity index (χ0) is 22.8. The highest BCUT2D eigenvalue weighted by Gasteiger charge is 2.22. The van der Waals surface area contributed by atoms with Gasteiger partial charge in [-0.25, -0.2) is 14.1 Å². The summed E-state index contributed by atoms with van der Waals surface area (Å²) in [6, 6.07) is 15.3. The van der Waals surface area contributed by atoms with Crippen molar-refractivity contribution in [2.75, 3.05) is 6.61 Å². The quantitative estimate of drug-likeness (QED) is 0.417. The van der Waals surface area contributed by atoms with Crippen LogP contribution in [0.15, 0.2) is 59.1 Å². The normalized spacial score (nSPS) is 12.0. The van der Waals surface area contributed by atoms with Gasteiger partial charge in [0.2, 0.25) is 5.88 Å². The zero-order valence-corrected chi connectivity index (χ0v) is 19.5. The molecule has 0 spiro atoms. The van der Waals surface area contributed by atoms with Gasteiger partial charge in [-0.1, -0.05) is 52.3 Å². The monoisotopic (exact) mass is 496 g/mol. The van der Waals surface area contributed by atoms with Gasteiger partial charge in [0.05, 0.1) is 11.4 Å². The third-order valence-electron chi connectivity index (χ3n) is 5.14. The second-order valence-electron chi connectivity index (χ2n) is 7.57. The zero-order valence-electron chi connectivity index (χ0n) is 17.9. The number of hydrogen-bond donors (Lipinski definition) is 1. The maximum absolute atomic E-state index is 14.7. The van der Waals surface area contributed by atoms with E-state index in [4.69, 9.17) is 4.74 Å². The molecule has 0 radical (unpaired) electrons. The Hall–Kier alpha value is -3.26. The number of carbonyl (C=O) groups is 1. The molecule has 2 heterocycles. The lowest BCUT2D eigenvalue weighted by atomic mass is 9.98. The van der Waals surface area contributed by atoms with Gasteiger partial charge in [-0.15, -0.1) is 5.10 Å². The number of nitrogens with zero attached hydrogens (tertiary/aromatic N) is 3. The van der Waals surface area contributed by atoms with Gasteiger partial charge < -0.3 is 10.1 Å². The molecule has 1 N–H and O–H groups in total. The number of amides is 1. The standard InChI is InChI=1S/C24H22BrFN4O2/c1-14-11-15(2)27-23-21(14)24(29-30(23)3)32-13-20(31)28-22(16-7-5-4-6-8-16)18-10-9-17(25)12-19(18)26/h4-12,22H,13H2,1-3H3,(H,28,31). The summed E-state index contributed by atoms with van der Waals surface area (Å²) in [5, 5.41) is 8.03. The second-order valence-corrected chi connectivity index (χ2v) is 8.49. The first-order chi connectivity index (χ1) is 15.3. The van der Waals surface area contributed by atoms with Crippen molar-refractivity contribution in [2.45, 2.75) is 19.9 Å². The highest BCUT2D eigenvalue weighted by molar-refractivity contribution is 9.10. The van der Waals surface area contributed by atoms with Gasteiger partial charge in [0.25, 0.3) is 5.91 Å². The number of rotatable bonds is 6. The van der Waals surface area contributed by atoms with Crippen LogP contribution in [0.5, 0.6) is 5.88 Å². The molecule has 4 rings (SSSR count). The van der Waals surface area contributed by atoms with Crippen LogP contribution in [0.4, 0.5) is 4.39 Å². The number of nitrogens with one attached hydrogen (secondary N) is 1. The van der Waals surface area contributed by atoms with Crippen LogP contribution in [0.1, 0.15) is 28.4 Å². The van der Waals surface area contributed by atoms with Crippen LogP contribution in [0.25, 0.3) is 11.0 Å². The second kappa shape index (κ2) is 9.08. The van der Waals surface area contributed by atoms with Gasteiger partial charge in [0.1, 0.15) is 5.82 Å². The first-order valence-electron chi connectivity index (χ1n) is 10.1. The summed E-state index contributed by atoms with van der Waals surface area (Å²) in [7, 11) is 1.78. The first kappa shape index (κ1) is 22.0. The van der Waals surface area contributed by atoms with Crippen LogP contribution in [0.2, 0.25) is 0 Å². The average molecular weight is 497 g/mol. The Morgan fingerprint density at radius 2 is 1.94 bits per heavy atom. The predicted molar refractivity (Wildman–Crippen MR) is 124 cm³/mol. The minimum atomic E-state index is -0.660. The van der Waals surface area contributed by atoms with Crippen molar-refractivity contribution < 1.29 is 13.9 Å². The smallest absolute Gasteiger partial charge is 0.258 e.